The van der Waals surface area contributed by atoms with Crippen LogP contribution in [0, 0.1) is 0 Å². The fraction of sp³-hybridized carbons (Fsp3) is 0.784. The monoisotopic (exact) mass is 864 g/mol. The van der Waals surface area contributed by atoms with Crippen LogP contribution in [0.25, 0.3) is 0 Å². The second kappa shape index (κ2) is 43.8. The van der Waals surface area contributed by atoms with Crippen LogP contribution in [0.15, 0.2) is 60.8 Å². The number of hydrogen-bond acceptors (Lipinski definition) is 7. The average Bonchev–Trinajstić information content (AvgIpc) is 3.20. The van der Waals surface area contributed by atoms with Gasteiger partial charge in [-0.2, -0.15) is 0 Å². The summed E-state index contributed by atoms with van der Waals surface area (Å²) in [6.45, 7) is 5.28. The molecule has 2 atom stereocenters. The number of rotatable bonds is 45. The summed E-state index contributed by atoms with van der Waals surface area (Å²) < 4.78 is 34.7. The third kappa shape index (κ3) is 47.3. The molecule has 350 valence electrons. The molecule has 0 radical (unpaired) electrons. The Balaban J connectivity index is 4.13. The van der Waals surface area contributed by atoms with Gasteiger partial charge in [0.1, 0.15) is 19.3 Å². The maximum atomic E-state index is 12.7. The largest absolute Gasteiger partial charge is 0.756 e. The van der Waals surface area contributed by atoms with E-state index in [2.05, 4.69) is 74.6 Å². The summed E-state index contributed by atoms with van der Waals surface area (Å²) in [7, 11) is 1.35. The number of nitrogens with zero attached hydrogens (tertiary/aromatic N) is 1. The van der Waals surface area contributed by atoms with E-state index >= 15 is 0 Å². The van der Waals surface area contributed by atoms with Crippen LogP contribution in [0.3, 0.4) is 0 Å². The normalized spacial score (nSPS) is 14.2. The molecule has 0 rings (SSSR count). The van der Waals surface area contributed by atoms with Gasteiger partial charge in [-0.15, -0.1) is 0 Å². The standard InChI is InChI=1S/C51H94NO7P/c1-6-8-10-12-14-16-18-20-22-23-24-25-26-27-28-29-30-31-33-35-37-39-41-43-46-56-48-50(49-58-60(54,55)57-47-45-52(3,4)5)59-51(53)44-42-40-38-36-34-32-21-19-17-15-13-11-9-7-2/h8,10,14,16,19-22,24-25,50H,6-7,9,11-13,15,17-18,23,26-49H2,1-5H3/b10-8-,16-14-,21-19-,22-20-,25-24-. The Morgan fingerprint density at radius 2 is 0.967 bits per heavy atom. The molecule has 0 aromatic rings. The number of hydrogen-bond donors (Lipinski definition) is 0. The fourth-order valence-electron chi connectivity index (χ4n) is 6.53. The Labute approximate surface area is 370 Å². The molecular formula is C51H94NO7P. The van der Waals surface area contributed by atoms with Gasteiger partial charge >= 0.3 is 5.97 Å². The summed E-state index contributed by atoms with van der Waals surface area (Å²) in [6.07, 6.45) is 55.3. The Hall–Kier alpha value is -1.80. The minimum Gasteiger partial charge on any atom is -0.756 e. The number of ether oxygens (including phenoxy) is 2. The van der Waals surface area contributed by atoms with Crippen molar-refractivity contribution in [1.82, 2.24) is 0 Å². The van der Waals surface area contributed by atoms with Crippen LogP contribution in [0.2, 0.25) is 0 Å². The predicted octanol–water partition coefficient (Wildman–Crippen LogP) is 14.3. The molecule has 0 bridgehead atoms. The summed E-state index contributed by atoms with van der Waals surface area (Å²) in [6, 6.07) is 0. The maximum absolute atomic E-state index is 12.7. The Bertz CT molecular complexity index is 1140. The van der Waals surface area contributed by atoms with Crippen molar-refractivity contribution < 1.29 is 37.3 Å². The SMILES string of the molecule is CC/C=C\C/C=C\C/C=C\C/C=C\CCCCCCCCCCCCCOCC(COP(=O)([O-])OCC[N+](C)(C)C)OC(=O)CCCCCCC/C=C\CCCCCCC. The molecule has 0 aliphatic heterocycles. The highest BCUT2D eigenvalue weighted by atomic mass is 31.2. The number of phosphoric ester groups is 1. The van der Waals surface area contributed by atoms with Crippen LogP contribution in [0.5, 0.6) is 0 Å². The van der Waals surface area contributed by atoms with E-state index in [0.717, 1.165) is 70.6 Å². The first-order valence-corrected chi connectivity index (χ1v) is 26.0. The van der Waals surface area contributed by atoms with Gasteiger partial charge < -0.3 is 27.9 Å². The maximum Gasteiger partial charge on any atom is 0.306 e. The molecule has 0 spiro atoms. The van der Waals surface area contributed by atoms with E-state index in [-0.39, 0.29) is 25.8 Å². The fourth-order valence-corrected chi connectivity index (χ4v) is 7.26. The summed E-state index contributed by atoms with van der Waals surface area (Å²) in [5.74, 6) is -0.345. The van der Waals surface area contributed by atoms with Gasteiger partial charge in [0.25, 0.3) is 7.82 Å². The summed E-state index contributed by atoms with van der Waals surface area (Å²) >= 11 is 0. The Kier molecular flexibility index (Phi) is 42.5. The number of likely N-dealkylation sites (N-methyl/N-ethyl adjacent to an activating group) is 1. The van der Waals surface area contributed by atoms with E-state index in [4.69, 9.17) is 18.5 Å². The molecular weight excluding hydrogens is 770 g/mol. The lowest BCUT2D eigenvalue weighted by Crippen LogP contribution is -2.37. The van der Waals surface area contributed by atoms with Crippen molar-refractivity contribution in [1.29, 1.82) is 0 Å². The molecule has 0 N–H and O–H groups in total. The molecule has 0 heterocycles. The molecule has 8 nitrogen and oxygen atoms in total. The van der Waals surface area contributed by atoms with Crippen molar-refractivity contribution in [3.63, 3.8) is 0 Å². The van der Waals surface area contributed by atoms with Crippen molar-refractivity contribution >= 4 is 13.8 Å². The van der Waals surface area contributed by atoms with Gasteiger partial charge in [0.2, 0.25) is 0 Å². The van der Waals surface area contributed by atoms with Crippen LogP contribution in [0.4, 0.5) is 0 Å². The van der Waals surface area contributed by atoms with Gasteiger partial charge in [0, 0.05) is 13.0 Å². The lowest BCUT2D eigenvalue weighted by atomic mass is 10.1. The molecule has 0 amide bonds. The zero-order valence-corrected chi connectivity index (χ0v) is 40.5. The Morgan fingerprint density at radius 3 is 1.47 bits per heavy atom. The lowest BCUT2D eigenvalue weighted by Gasteiger charge is -2.28. The number of carbonyl (C=O) groups excluding carboxylic acids is 1. The van der Waals surface area contributed by atoms with Crippen molar-refractivity contribution in [3.05, 3.63) is 60.8 Å². The summed E-state index contributed by atoms with van der Waals surface area (Å²) in [5.41, 5.74) is 0. The number of phosphoric acid groups is 1. The van der Waals surface area contributed by atoms with Crippen LogP contribution in [-0.2, 0) is 27.9 Å². The molecule has 9 heteroatoms. The zero-order chi connectivity index (χ0) is 44.1. The van der Waals surface area contributed by atoms with Gasteiger partial charge in [-0.25, -0.2) is 0 Å². The number of unbranched alkanes of at least 4 members (excludes halogenated alkanes) is 21. The van der Waals surface area contributed by atoms with Gasteiger partial charge in [-0.1, -0.05) is 177 Å². The molecule has 0 saturated heterocycles. The van der Waals surface area contributed by atoms with E-state index in [1.54, 1.807) is 0 Å². The van der Waals surface area contributed by atoms with Crippen molar-refractivity contribution in [2.75, 3.05) is 54.1 Å². The minimum absolute atomic E-state index is 0.0222. The highest BCUT2D eigenvalue weighted by Gasteiger charge is 2.20. The molecule has 2 unspecified atom stereocenters. The quantitative estimate of drug-likeness (QED) is 0.0198. The molecule has 0 aromatic heterocycles. The first-order valence-electron chi connectivity index (χ1n) is 24.5. The Morgan fingerprint density at radius 1 is 0.533 bits per heavy atom. The van der Waals surface area contributed by atoms with Crippen LogP contribution < -0.4 is 4.89 Å². The number of carbonyl (C=O) groups is 1. The zero-order valence-electron chi connectivity index (χ0n) is 39.6. The minimum atomic E-state index is -4.53. The van der Waals surface area contributed by atoms with Crippen molar-refractivity contribution in [3.8, 4) is 0 Å². The van der Waals surface area contributed by atoms with E-state index < -0.39 is 13.9 Å². The van der Waals surface area contributed by atoms with Crippen LogP contribution >= 0.6 is 7.82 Å². The van der Waals surface area contributed by atoms with Gasteiger partial charge in [-0.05, 0) is 77.0 Å². The van der Waals surface area contributed by atoms with Crippen LogP contribution in [0.1, 0.15) is 200 Å². The molecule has 0 aromatic carbocycles. The lowest BCUT2D eigenvalue weighted by molar-refractivity contribution is -0.870. The molecule has 0 fully saturated rings. The first-order chi connectivity index (χ1) is 29.1. The number of allylic oxidation sites excluding steroid dienone is 10. The molecule has 0 aliphatic rings. The molecule has 0 aliphatic carbocycles. The average molecular weight is 864 g/mol. The smallest absolute Gasteiger partial charge is 0.306 e. The van der Waals surface area contributed by atoms with Crippen molar-refractivity contribution in [2.24, 2.45) is 0 Å². The van der Waals surface area contributed by atoms with Gasteiger partial charge in [0.15, 0.2) is 0 Å². The molecule has 60 heavy (non-hydrogen) atoms. The van der Waals surface area contributed by atoms with E-state index in [9.17, 15) is 14.3 Å². The van der Waals surface area contributed by atoms with E-state index in [1.165, 1.54) is 109 Å². The topological polar surface area (TPSA) is 94.1 Å². The van der Waals surface area contributed by atoms with Crippen LogP contribution in [-0.4, -0.2) is 70.7 Å². The summed E-state index contributed by atoms with van der Waals surface area (Å²) in [4.78, 5) is 25.1. The summed E-state index contributed by atoms with van der Waals surface area (Å²) in [5, 5.41) is 0. The number of quaternary nitrogens is 1. The number of esters is 1. The predicted molar refractivity (Wildman–Crippen MR) is 254 cm³/mol. The molecule has 0 saturated carbocycles. The second-order valence-corrected chi connectivity index (χ2v) is 18.8. The van der Waals surface area contributed by atoms with Gasteiger partial charge in [-0.3, -0.25) is 9.36 Å². The van der Waals surface area contributed by atoms with E-state index in [1.807, 2.05) is 21.1 Å². The highest BCUT2D eigenvalue weighted by Crippen LogP contribution is 2.38. The highest BCUT2D eigenvalue weighted by molar-refractivity contribution is 7.45. The third-order valence-corrected chi connectivity index (χ3v) is 11.3. The van der Waals surface area contributed by atoms with E-state index in [0.29, 0.717) is 24.1 Å². The second-order valence-electron chi connectivity index (χ2n) is 17.4. The first kappa shape index (κ1) is 58.2. The van der Waals surface area contributed by atoms with Gasteiger partial charge in [0.05, 0.1) is 34.4 Å². The third-order valence-electron chi connectivity index (χ3n) is 10.3. The van der Waals surface area contributed by atoms with Crippen molar-refractivity contribution in [2.45, 2.75) is 206 Å².